The van der Waals surface area contributed by atoms with Gasteiger partial charge in [0.1, 0.15) is 0 Å². The van der Waals surface area contributed by atoms with E-state index >= 15 is 0 Å². The third-order valence-corrected chi connectivity index (χ3v) is 4.32. The van der Waals surface area contributed by atoms with E-state index < -0.39 is 10.0 Å². The van der Waals surface area contributed by atoms with E-state index in [1.807, 2.05) is 0 Å². The average Bonchev–Trinajstić information content (AvgIpc) is 2.82. The standard InChI is InChI=1S/C10H16N4O3S/c1-18(16,17)14-4-2-9(3-5-14)13-10(15)8-6-11-12-7-8/h6-7,9H,2-5H2,1H3,(H,11,12)(H,13,15). The molecule has 100 valence electrons. The van der Waals surface area contributed by atoms with Gasteiger partial charge in [-0.1, -0.05) is 0 Å². The van der Waals surface area contributed by atoms with Crippen molar-refractivity contribution in [2.24, 2.45) is 0 Å². The molecule has 18 heavy (non-hydrogen) atoms. The molecule has 0 atom stereocenters. The van der Waals surface area contributed by atoms with E-state index in [9.17, 15) is 13.2 Å². The van der Waals surface area contributed by atoms with Gasteiger partial charge in [0.25, 0.3) is 5.91 Å². The van der Waals surface area contributed by atoms with Crippen molar-refractivity contribution in [2.75, 3.05) is 19.3 Å². The highest BCUT2D eigenvalue weighted by Gasteiger charge is 2.25. The van der Waals surface area contributed by atoms with Gasteiger partial charge in [-0.25, -0.2) is 12.7 Å². The number of nitrogens with zero attached hydrogens (tertiary/aromatic N) is 2. The van der Waals surface area contributed by atoms with E-state index in [-0.39, 0.29) is 11.9 Å². The third-order valence-electron chi connectivity index (χ3n) is 3.02. The summed E-state index contributed by atoms with van der Waals surface area (Å²) in [5, 5.41) is 9.16. The van der Waals surface area contributed by atoms with Crippen molar-refractivity contribution < 1.29 is 13.2 Å². The monoisotopic (exact) mass is 272 g/mol. The summed E-state index contributed by atoms with van der Waals surface area (Å²) in [4.78, 5) is 11.7. The fraction of sp³-hybridized carbons (Fsp3) is 0.600. The van der Waals surface area contributed by atoms with Crippen LogP contribution in [0.5, 0.6) is 0 Å². The quantitative estimate of drug-likeness (QED) is 0.780. The highest BCUT2D eigenvalue weighted by molar-refractivity contribution is 7.88. The molecule has 2 heterocycles. The van der Waals surface area contributed by atoms with E-state index in [0.29, 0.717) is 31.5 Å². The zero-order chi connectivity index (χ0) is 13.2. The van der Waals surface area contributed by atoms with Crippen molar-refractivity contribution in [1.29, 1.82) is 0 Å². The molecule has 1 aromatic rings. The summed E-state index contributed by atoms with van der Waals surface area (Å²) in [5.74, 6) is -0.179. The van der Waals surface area contributed by atoms with Crippen LogP contribution in [0.25, 0.3) is 0 Å². The molecule has 1 saturated heterocycles. The van der Waals surface area contributed by atoms with Gasteiger partial charge in [-0.2, -0.15) is 5.10 Å². The van der Waals surface area contributed by atoms with Gasteiger partial charge in [0.05, 0.1) is 18.0 Å². The molecule has 0 bridgehead atoms. The van der Waals surface area contributed by atoms with Gasteiger partial charge in [-0.3, -0.25) is 9.89 Å². The number of carbonyl (C=O) groups is 1. The maximum atomic E-state index is 11.7. The van der Waals surface area contributed by atoms with Crippen molar-refractivity contribution in [3.8, 4) is 0 Å². The minimum absolute atomic E-state index is 0.0189. The Morgan fingerprint density at radius 2 is 2.17 bits per heavy atom. The Bertz CT molecular complexity index is 503. The summed E-state index contributed by atoms with van der Waals surface area (Å²) in [6.45, 7) is 0.907. The molecule has 1 aliphatic heterocycles. The highest BCUT2D eigenvalue weighted by Crippen LogP contribution is 2.13. The van der Waals surface area contributed by atoms with Gasteiger partial charge in [-0.05, 0) is 12.8 Å². The number of piperidine rings is 1. The van der Waals surface area contributed by atoms with Gasteiger partial charge in [0.2, 0.25) is 10.0 Å². The summed E-state index contributed by atoms with van der Waals surface area (Å²) < 4.78 is 24.1. The summed E-state index contributed by atoms with van der Waals surface area (Å²) in [5.41, 5.74) is 0.487. The number of hydrogen-bond acceptors (Lipinski definition) is 4. The van der Waals surface area contributed by atoms with Crippen LogP contribution in [0, 0.1) is 0 Å². The molecule has 1 fully saturated rings. The van der Waals surface area contributed by atoms with E-state index in [2.05, 4.69) is 15.5 Å². The van der Waals surface area contributed by atoms with Crippen molar-refractivity contribution >= 4 is 15.9 Å². The lowest BCUT2D eigenvalue weighted by atomic mass is 10.1. The second-order valence-electron chi connectivity index (χ2n) is 4.40. The minimum Gasteiger partial charge on any atom is -0.349 e. The first-order chi connectivity index (χ1) is 8.47. The average molecular weight is 272 g/mol. The molecular weight excluding hydrogens is 256 g/mol. The number of sulfonamides is 1. The van der Waals surface area contributed by atoms with Gasteiger partial charge in [-0.15, -0.1) is 0 Å². The first kappa shape index (κ1) is 13.0. The lowest BCUT2D eigenvalue weighted by Crippen LogP contribution is -2.46. The van der Waals surface area contributed by atoms with Gasteiger partial charge in [0.15, 0.2) is 0 Å². The molecule has 1 aliphatic rings. The number of nitrogens with one attached hydrogen (secondary N) is 2. The number of rotatable bonds is 3. The zero-order valence-electron chi connectivity index (χ0n) is 10.1. The SMILES string of the molecule is CS(=O)(=O)N1CCC(NC(=O)c2cn[nH]c2)CC1. The Labute approximate surface area is 106 Å². The largest absolute Gasteiger partial charge is 0.349 e. The Kier molecular flexibility index (Phi) is 3.67. The molecule has 0 unspecified atom stereocenters. The Morgan fingerprint density at radius 1 is 1.50 bits per heavy atom. The van der Waals surface area contributed by atoms with Crippen molar-refractivity contribution in [1.82, 2.24) is 19.8 Å². The van der Waals surface area contributed by atoms with Crippen LogP contribution in [0.1, 0.15) is 23.2 Å². The molecule has 0 aliphatic carbocycles. The van der Waals surface area contributed by atoms with E-state index in [1.165, 1.54) is 23.0 Å². The maximum absolute atomic E-state index is 11.7. The summed E-state index contributed by atoms with van der Waals surface area (Å²) in [7, 11) is -3.12. The lowest BCUT2D eigenvalue weighted by molar-refractivity contribution is 0.0924. The van der Waals surface area contributed by atoms with Gasteiger partial charge in [0, 0.05) is 25.3 Å². The predicted octanol–water partition coefficient (Wildman–Crippen LogP) is -0.436. The highest BCUT2D eigenvalue weighted by atomic mass is 32.2. The number of amides is 1. The molecule has 1 aromatic heterocycles. The van der Waals surface area contributed by atoms with Crippen LogP contribution in [0.15, 0.2) is 12.4 Å². The summed E-state index contributed by atoms with van der Waals surface area (Å²) >= 11 is 0. The molecule has 7 nitrogen and oxygen atoms in total. The lowest BCUT2D eigenvalue weighted by Gasteiger charge is -2.30. The zero-order valence-corrected chi connectivity index (χ0v) is 10.9. The normalized spacial score (nSPS) is 18.7. The Morgan fingerprint density at radius 3 is 2.67 bits per heavy atom. The molecule has 8 heteroatoms. The first-order valence-electron chi connectivity index (χ1n) is 5.71. The van der Waals surface area contributed by atoms with Crippen LogP contribution in [0.3, 0.4) is 0 Å². The molecule has 0 radical (unpaired) electrons. The van der Waals surface area contributed by atoms with E-state index in [1.54, 1.807) is 0 Å². The summed E-state index contributed by atoms with van der Waals surface area (Å²) in [6.07, 6.45) is 5.46. The topological polar surface area (TPSA) is 95.2 Å². The van der Waals surface area contributed by atoms with E-state index in [0.717, 1.165) is 0 Å². The van der Waals surface area contributed by atoms with Crippen LogP contribution in [-0.2, 0) is 10.0 Å². The molecule has 1 amide bonds. The summed E-state index contributed by atoms with van der Waals surface area (Å²) in [6, 6.07) is 0.0189. The molecule has 2 N–H and O–H groups in total. The molecular formula is C10H16N4O3S. The van der Waals surface area contributed by atoms with Crippen LogP contribution in [0.4, 0.5) is 0 Å². The number of carbonyl (C=O) groups excluding carboxylic acids is 1. The Hall–Kier alpha value is -1.41. The molecule has 2 rings (SSSR count). The predicted molar refractivity (Wildman–Crippen MR) is 65.5 cm³/mol. The number of aromatic amines is 1. The fourth-order valence-electron chi connectivity index (χ4n) is 1.98. The molecule has 0 saturated carbocycles. The maximum Gasteiger partial charge on any atom is 0.254 e. The molecule has 0 aromatic carbocycles. The fourth-order valence-corrected chi connectivity index (χ4v) is 2.85. The van der Waals surface area contributed by atoms with Crippen LogP contribution in [-0.4, -0.2) is 54.2 Å². The van der Waals surface area contributed by atoms with Crippen molar-refractivity contribution in [3.05, 3.63) is 18.0 Å². The van der Waals surface area contributed by atoms with E-state index in [4.69, 9.17) is 0 Å². The smallest absolute Gasteiger partial charge is 0.254 e. The number of aromatic nitrogens is 2. The van der Waals surface area contributed by atoms with Crippen LogP contribution >= 0.6 is 0 Å². The second-order valence-corrected chi connectivity index (χ2v) is 6.38. The van der Waals surface area contributed by atoms with Crippen molar-refractivity contribution in [3.63, 3.8) is 0 Å². The Balaban J connectivity index is 1.86. The van der Waals surface area contributed by atoms with Crippen LogP contribution < -0.4 is 5.32 Å². The minimum atomic E-state index is -3.12. The van der Waals surface area contributed by atoms with Crippen LogP contribution in [0.2, 0.25) is 0 Å². The second kappa shape index (κ2) is 5.07. The number of H-pyrrole nitrogens is 1. The van der Waals surface area contributed by atoms with Gasteiger partial charge >= 0.3 is 0 Å². The first-order valence-corrected chi connectivity index (χ1v) is 7.56. The molecule has 0 spiro atoms. The van der Waals surface area contributed by atoms with Gasteiger partial charge < -0.3 is 5.32 Å². The third kappa shape index (κ3) is 3.08. The number of hydrogen-bond donors (Lipinski definition) is 2. The van der Waals surface area contributed by atoms with Crippen molar-refractivity contribution in [2.45, 2.75) is 18.9 Å².